The van der Waals surface area contributed by atoms with Gasteiger partial charge in [-0.3, -0.25) is 4.90 Å². The van der Waals surface area contributed by atoms with E-state index in [9.17, 15) is 4.79 Å². The summed E-state index contributed by atoms with van der Waals surface area (Å²) in [5.74, 6) is 0.685. The first-order valence-corrected chi connectivity index (χ1v) is 13.0. The van der Waals surface area contributed by atoms with E-state index in [0.717, 1.165) is 50.0 Å². The molecule has 35 heavy (non-hydrogen) atoms. The molecule has 1 aliphatic carbocycles. The van der Waals surface area contributed by atoms with Gasteiger partial charge in [0.15, 0.2) is 0 Å². The maximum atomic E-state index is 15.4. The molecule has 0 saturated carbocycles. The maximum Gasteiger partial charge on any atom is 0.407 e. The Labute approximate surface area is 211 Å². The summed E-state index contributed by atoms with van der Waals surface area (Å²) in [6.45, 7) is 11.1. The standard InChI is InChI=1S/C28H34ClFN2O3/c1-16(2)34-24-6-5-18(12-22(24)29)20-11-19-14-28(3,4)26(21(19)13-23(20)30)31-27(33)35-25-15-32-9-7-17(25)8-10-32/h5-6,11-13,16-17,25-26H,7-10,14-15H2,1-4H3,(H,31,33)/t25-,26?/m1/s1. The smallest absolute Gasteiger partial charge is 0.407 e. The maximum absolute atomic E-state index is 15.4. The second-order valence-corrected chi connectivity index (χ2v) is 11.6. The van der Waals surface area contributed by atoms with Crippen molar-refractivity contribution >= 4 is 17.7 Å². The molecule has 6 rings (SSSR count). The molecule has 2 bridgehead atoms. The number of piperidine rings is 3. The van der Waals surface area contributed by atoms with E-state index in [4.69, 9.17) is 21.1 Å². The minimum absolute atomic E-state index is 0.000736. The van der Waals surface area contributed by atoms with Gasteiger partial charge in [0.1, 0.15) is 17.7 Å². The van der Waals surface area contributed by atoms with Crippen LogP contribution in [0.25, 0.3) is 11.1 Å². The van der Waals surface area contributed by atoms with Crippen LogP contribution in [0.15, 0.2) is 30.3 Å². The van der Waals surface area contributed by atoms with Crippen LogP contribution in [0.2, 0.25) is 5.02 Å². The van der Waals surface area contributed by atoms with Gasteiger partial charge >= 0.3 is 6.09 Å². The highest BCUT2D eigenvalue weighted by Gasteiger charge is 2.42. The number of ether oxygens (including phenoxy) is 2. The largest absolute Gasteiger partial charge is 0.489 e. The number of alkyl carbamates (subject to hydrolysis) is 1. The van der Waals surface area contributed by atoms with Gasteiger partial charge in [-0.2, -0.15) is 0 Å². The first-order valence-electron chi connectivity index (χ1n) is 12.6. The molecule has 7 heteroatoms. The quantitative estimate of drug-likeness (QED) is 0.517. The van der Waals surface area contributed by atoms with Gasteiger partial charge in [-0.05, 0) is 98.5 Å². The molecule has 2 atom stereocenters. The highest BCUT2D eigenvalue weighted by molar-refractivity contribution is 6.32. The highest BCUT2D eigenvalue weighted by atomic mass is 35.5. The topological polar surface area (TPSA) is 50.8 Å². The molecule has 4 aliphatic rings. The van der Waals surface area contributed by atoms with Crippen LogP contribution >= 0.6 is 11.6 Å². The van der Waals surface area contributed by atoms with Crippen molar-refractivity contribution in [1.29, 1.82) is 0 Å². The van der Waals surface area contributed by atoms with E-state index in [2.05, 4.69) is 24.1 Å². The van der Waals surface area contributed by atoms with E-state index < -0.39 is 6.09 Å². The number of carbonyl (C=O) groups excluding carboxylic acids is 1. The number of nitrogens with one attached hydrogen (secondary N) is 1. The Morgan fingerprint density at radius 1 is 1.20 bits per heavy atom. The number of nitrogens with zero attached hydrogens (tertiary/aromatic N) is 1. The van der Waals surface area contributed by atoms with E-state index in [0.29, 0.717) is 27.8 Å². The second kappa shape index (κ2) is 9.29. The van der Waals surface area contributed by atoms with Crippen LogP contribution in [0.3, 0.4) is 0 Å². The molecule has 1 unspecified atom stereocenters. The van der Waals surface area contributed by atoms with Crippen LogP contribution in [-0.2, 0) is 11.2 Å². The van der Waals surface area contributed by atoms with Gasteiger partial charge in [-0.25, -0.2) is 9.18 Å². The number of benzene rings is 2. The molecule has 2 aromatic rings. The number of amides is 1. The Hall–Kier alpha value is -2.31. The lowest BCUT2D eigenvalue weighted by Gasteiger charge is -2.44. The van der Waals surface area contributed by atoms with E-state index in [1.807, 2.05) is 26.0 Å². The number of rotatable bonds is 5. The molecule has 1 amide bonds. The van der Waals surface area contributed by atoms with E-state index in [-0.39, 0.29) is 29.5 Å². The third-order valence-electron chi connectivity index (χ3n) is 7.69. The van der Waals surface area contributed by atoms with E-state index in [1.165, 1.54) is 0 Å². The summed E-state index contributed by atoms with van der Waals surface area (Å²) in [5, 5.41) is 3.52. The van der Waals surface area contributed by atoms with Crippen molar-refractivity contribution < 1.29 is 18.7 Å². The summed E-state index contributed by atoms with van der Waals surface area (Å²) < 4.78 is 27.0. The second-order valence-electron chi connectivity index (χ2n) is 11.2. The highest BCUT2D eigenvalue weighted by Crippen LogP contribution is 2.47. The molecule has 3 aliphatic heterocycles. The molecule has 1 N–H and O–H groups in total. The van der Waals surface area contributed by atoms with Gasteiger partial charge in [-0.15, -0.1) is 0 Å². The van der Waals surface area contributed by atoms with Crippen LogP contribution < -0.4 is 10.1 Å². The average Bonchev–Trinajstić information content (AvgIpc) is 3.04. The van der Waals surface area contributed by atoms with Crippen molar-refractivity contribution in [2.24, 2.45) is 11.3 Å². The molecule has 3 heterocycles. The summed E-state index contributed by atoms with van der Waals surface area (Å²) in [6, 6.07) is 8.48. The fraction of sp³-hybridized carbons (Fsp3) is 0.536. The summed E-state index contributed by atoms with van der Waals surface area (Å²) in [6.07, 6.45) is 2.41. The van der Waals surface area contributed by atoms with Crippen molar-refractivity contribution in [1.82, 2.24) is 10.2 Å². The Kier molecular flexibility index (Phi) is 6.47. The van der Waals surface area contributed by atoms with Crippen molar-refractivity contribution in [3.05, 3.63) is 52.3 Å². The molecule has 0 aromatic heterocycles. The Morgan fingerprint density at radius 3 is 2.57 bits per heavy atom. The molecule has 0 radical (unpaired) electrons. The Bertz CT molecular complexity index is 1130. The average molecular weight is 501 g/mol. The fourth-order valence-electron chi connectivity index (χ4n) is 5.92. The molecular formula is C28H34ClFN2O3. The third kappa shape index (κ3) is 4.88. The SMILES string of the molecule is CC(C)Oc1ccc(-c2cc3c(cc2F)C(NC(=O)O[C@@H]2CN4CCC2CC4)C(C)(C)C3)cc1Cl. The fourth-order valence-corrected chi connectivity index (χ4v) is 6.14. The van der Waals surface area contributed by atoms with Gasteiger partial charge in [-0.1, -0.05) is 31.5 Å². The van der Waals surface area contributed by atoms with Gasteiger partial charge in [0.05, 0.1) is 17.2 Å². The first kappa shape index (κ1) is 24.4. The van der Waals surface area contributed by atoms with Crippen LogP contribution in [-0.4, -0.2) is 42.8 Å². The van der Waals surface area contributed by atoms with Crippen molar-refractivity contribution in [2.75, 3.05) is 19.6 Å². The number of fused-ring (bicyclic) bond motifs is 4. The van der Waals surface area contributed by atoms with E-state index in [1.54, 1.807) is 18.2 Å². The van der Waals surface area contributed by atoms with Crippen molar-refractivity contribution in [3.8, 4) is 16.9 Å². The lowest BCUT2D eigenvalue weighted by Crippen LogP contribution is -2.53. The van der Waals surface area contributed by atoms with Crippen LogP contribution in [0.5, 0.6) is 5.75 Å². The lowest BCUT2D eigenvalue weighted by molar-refractivity contribution is -0.0349. The Balaban J connectivity index is 1.36. The van der Waals surface area contributed by atoms with Gasteiger partial charge in [0, 0.05) is 12.1 Å². The van der Waals surface area contributed by atoms with Gasteiger partial charge in [0.2, 0.25) is 0 Å². The van der Waals surface area contributed by atoms with Gasteiger partial charge < -0.3 is 14.8 Å². The normalized spacial score (nSPS) is 26.5. The lowest BCUT2D eigenvalue weighted by atomic mass is 9.85. The zero-order chi connectivity index (χ0) is 24.9. The summed E-state index contributed by atoms with van der Waals surface area (Å²) in [5.41, 5.74) is 2.76. The van der Waals surface area contributed by atoms with E-state index >= 15 is 4.39 Å². The number of carbonyl (C=O) groups is 1. The minimum atomic E-state index is -0.410. The molecule has 2 aromatic carbocycles. The number of hydrogen-bond acceptors (Lipinski definition) is 4. The van der Waals surface area contributed by atoms with Crippen LogP contribution in [0, 0.1) is 17.2 Å². The first-order chi connectivity index (χ1) is 16.6. The van der Waals surface area contributed by atoms with Crippen LogP contribution in [0.4, 0.5) is 9.18 Å². The molecule has 3 saturated heterocycles. The molecule has 0 spiro atoms. The monoisotopic (exact) mass is 500 g/mol. The van der Waals surface area contributed by atoms with Crippen molar-refractivity contribution in [2.45, 2.75) is 65.2 Å². The zero-order valence-electron chi connectivity index (χ0n) is 20.9. The number of halogens is 2. The molecule has 188 valence electrons. The zero-order valence-corrected chi connectivity index (χ0v) is 21.6. The predicted molar refractivity (Wildman–Crippen MR) is 135 cm³/mol. The summed E-state index contributed by atoms with van der Waals surface area (Å²) >= 11 is 6.41. The van der Waals surface area contributed by atoms with Crippen LogP contribution in [0.1, 0.15) is 57.7 Å². The van der Waals surface area contributed by atoms with Gasteiger partial charge in [0.25, 0.3) is 0 Å². The van der Waals surface area contributed by atoms with Crippen molar-refractivity contribution in [3.63, 3.8) is 0 Å². The Morgan fingerprint density at radius 2 is 1.94 bits per heavy atom. The summed E-state index contributed by atoms with van der Waals surface area (Å²) in [7, 11) is 0. The molecular weight excluding hydrogens is 467 g/mol. The molecule has 3 fully saturated rings. The minimum Gasteiger partial charge on any atom is -0.489 e. The number of hydrogen-bond donors (Lipinski definition) is 1. The predicted octanol–water partition coefficient (Wildman–Crippen LogP) is 6.38. The summed E-state index contributed by atoms with van der Waals surface area (Å²) in [4.78, 5) is 15.2. The molecule has 5 nitrogen and oxygen atoms in total. The third-order valence-corrected chi connectivity index (χ3v) is 7.99.